The molecule has 0 fully saturated rings. The van der Waals surface area contributed by atoms with E-state index in [1.807, 2.05) is 31.2 Å². The van der Waals surface area contributed by atoms with Crippen LogP contribution in [0.5, 0.6) is 5.75 Å². The Balaban J connectivity index is 1.64. The SMILES string of the molecule is CCOC(=O)c1c(-c2ccc(F)cc2)csc1NC(=O)CCCOc1ccc(C)cc1. The van der Waals surface area contributed by atoms with Gasteiger partial charge in [0, 0.05) is 17.4 Å². The van der Waals surface area contributed by atoms with Crippen LogP contribution in [0.2, 0.25) is 0 Å². The minimum Gasteiger partial charge on any atom is -0.494 e. The van der Waals surface area contributed by atoms with E-state index in [-0.39, 0.29) is 30.3 Å². The summed E-state index contributed by atoms with van der Waals surface area (Å²) in [6, 6.07) is 13.6. The second-order valence-corrected chi connectivity index (χ2v) is 7.77. The molecule has 162 valence electrons. The van der Waals surface area contributed by atoms with Gasteiger partial charge in [0.1, 0.15) is 22.1 Å². The molecule has 7 heteroatoms. The molecule has 0 atom stereocenters. The average molecular weight is 442 g/mol. The molecule has 5 nitrogen and oxygen atoms in total. The maximum absolute atomic E-state index is 13.3. The summed E-state index contributed by atoms with van der Waals surface area (Å²) in [5.74, 6) is -0.345. The van der Waals surface area contributed by atoms with Gasteiger partial charge in [0.25, 0.3) is 0 Å². The largest absolute Gasteiger partial charge is 0.494 e. The highest BCUT2D eigenvalue weighted by Crippen LogP contribution is 2.36. The fourth-order valence-corrected chi connectivity index (χ4v) is 3.92. The van der Waals surface area contributed by atoms with Crippen molar-refractivity contribution < 1.29 is 23.5 Å². The van der Waals surface area contributed by atoms with E-state index in [0.29, 0.717) is 29.2 Å². The fourth-order valence-electron chi connectivity index (χ4n) is 2.94. The average Bonchev–Trinajstić information content (AvgIpc) is 3.16. The highest BCUT2D eigenvalue weighted by atomic mass is 32.1. The summed E-state index contributed by atoms with van der Waals surface area (Å²) < 4.78 is 24.1. The lowest BCUT2D eigenvalue weighted by molar-refractivity contribution is -0.116. The van der Waals surface area contributed by atoms with Crippen LogP contribution in [0.25, 0.3) is 11.1 Å². The number of hydrogen-bond donors (Lipinski definition) is 1. The summed E-state index contributed by atoms with van der Waals surface area (Å²) >= 11 is 1.24. The van der Waals surface area contributed by atoms with Gasteiger partial charge in [-0.3, -0.25) is 4.79 Å². The Kier molecular flexibility index (Phi) is 7.78. The van der Waals surface area contributed by atoms with E-state index in [1.165, 1.54) is 23.5 Å². The smallest absolute Gasteiger partial charge is 0.341 e. The molecule has 0 bridgehead atoms. The normalized spacial score (nSPS) is 10.5. The molecule has 1 heterocycles. The van der Waals surface area contributed by atoms with Crippen LogP contribution in [-0.4, -0.2) is 25.1 Å². The number of anilines is 1. The molecule has 1 aromatic heterocycles. The zero-order chi connectivity index (χ0) is 22.2. The van der Waals surface area contributed by atoms with Crippen LogP contribution in [-0.2, 0) is 9.53 Å². The lowest BCUT2D eigenvalue weighted by Crippen LogP contribution is -2.15. The van der Waals surface area contributed by atoms with Crippen LogP contribution in [0.15, 0.2) is 53.9 Å². The molecule has 0 aliphatic rings. The standard InChI is InChI=1S/C24H24FNO4S/c1-3-29-24(28)22-20(17-8-10-18(25)11-9-17)15-31-23(22)26-21(27)5-4-14-30-19-12-6-16(2)7-13-19/h6-13,15H,3-5,14H2,1-2H3,(H,26,27). The van der Waals surface area contributed by atoms with Crippen molar-refractivity contribution in [1.29, 1.82) is 0 Å². The van der Waals surface area contributed by atoms with Gasteiger partial charge in [0.15, 0.2) is 0 Å². The van der Waals surface area contributed by atoms with Gasteiger partial charge in [-0.25, -0.2) is 9.18 Å². The van der Waals surface area contributed by atoms with Gasteiger partial charge in [0.05, 0.1) is 13.2 Å². The summed E-state index contributed by atoms with van der Waals surface area (Å²) in [7, 11) is 0. The number of nitrogens with one attached hydrogen (secondary N) is 1. The van der Waals surface area contributed by atoms with Crippen LogP contribution in [0.1, 0.15) is 35.7 Å². The van der Waals surface area contributed by atoms with Crippen molar-refractivity contribution in [3.63, 3.8) is 0 Å². The lowest BCUT2D eigenvalue weighted by Gasteiger charge is -2.09. The molecule has 0 radical (unpaired) electrons. The van der Waals surface area contributed by atoms with Gasteiger partial charge in [-0.15, -0.1) is 11.3 Å². The Labute approximate surface area is 184 Å². The van der Waals surface area contributed by atoms with E-state index in [1.54, 1.807) is 24.4 Å². The Morgan fingerprint density at radius 1 is 1.06 bits per heavy atom. The summed E-state index contributed by atoms with van der Waals surface area (Å²) in [6.07, 6.45) is 0.780. The molecule has 0 saturated heterocycles. The number of carbonyl (C=O) groups is 2. The second-order valence-electron chi connectivity index (χ2n) is 6.89. The summed E-state index contributed by atoms with van der Waals surface area (Å²) in [6.45, 7) is 4.34. The van der Waals surface area contributed by atoms with Crippen LogP contribution < -0.4 is 10.1 Å². The number of rotatable bonds is 9. The fraction of sp³-hybridized carbons (Fsp3) is 0.250. The van der Waals surface area contributed by atoms with Crippen LogP contribution in [0.4, 0.5) is 9.39 Å². The van der Waals surface area contributed by atoms with Crippen LogP contribution >= 0.6 is 11.3 Å². The van der Waals surface area contributed by atoms with Crippen molar-refractivity contribution in [2.24, 2.45) is 0 Å². The predicted octanol–water partition coefficient (Wildman–Crippen LogP) is 5.84. The molecule has 0 unspecified atom stereocenters. The van der Waals surface area contributed by atoms with Gasteiger partial charge in [0.2, 0.25) is 5.91 Å². The van der Waals surface area contributed by atoms with E-state index in [4.69, 9.17) is 9.47 Å². The molecule has 2 aromatic carbocycles. The molecule has 1 N–H and O–H groups in total. The molecule has 0 aliphatic heterocycles. The minimum atomic E-state index is -0.527. The molecule has 0 spiro atoms. The Hall–Kier alpha value is -3.19. The number of esters is 1. The van der Waals surface area contributed by atoms with Gasteiger partial charge in [-0.05, 0) is 50.1 Å². The van der Waals surface area contributed by atoms with E-state index >= 15 is 0 Å². The van der Waals surface area contributed by atoms with Gasteiger partial charge in [-0.2, -0.15) is 0 Å². The number of amides is 1. The molecule has 3 rings (SSSR count). The van der Waals surface area contributed by atoms with Gasteiger partial charge < -0.3 is 14.8 Å². The van der Waals surface area contributed by atoms with Crippen LogP contribution in [0.3, 0.4) is 0 Å². The molecule has 0 saturated carbocycles. The third-order valence-electron chi connectivity index (χ3n) is 4.52. The van der Waals surface area contributed by atoms with E-state index in [2.05, 4.69) is 5.32 Å². The minimum absolute atomic E-state index is 0.210. The zero-order valence-corrected chi connectivity index (χ0v) is 18.3. The third kappa shape index (κ3) is 6.15. The van der Waals surface area contributed by atoms with Gasteiger partial charge in [-0.1, -0.05) is 29.8 Å². The second kappa shape index (κ2) is 10.7. The van der Waals surface area contributed by atoms with Crippen molar-refractivity contribution in [3.8, 4) is 16.9 Å². The quantitative estimate of drug-likeness (QED) is 0.335. The van der Waals surface area contributed by atoms with Crippen molar-refractivity contribution >= 4 is 28.2 Å². The highest BCUT2D eigenvalue weighted by Gasteiger charge is 2.22. The Morgan fingerprint density at radius 2 is 1.77 bits per heavy atom. The van der Waals surface area contributed by atoms with E-state index in [0.717, 1.165) is 11.3 Å². The Bertz CT molecular complexity index is 1030. The van der Waals surface area contributed by atoms with Crippen molar-refractivity contribution in [2.75, 3.05) is 18.5 Å². The number of carbonyl (C=O) groups excluding carboxylic acids is 2. The number of halogens is 1. The van der Waals surface area contributed by atoms with E-state index < -0.39 is 5.97 Å². The number of hydrogen-bond acceptors (Lipinski definition) is 5. The molecule has 3 aromatic rings. The van der Waals surface area contributed by atoms with Crippen molar-refractivity contribution in [1.82, 2.24) is 0 Å². The Morgan fingerprint density at radius 3 is 2.45 bits per heavy atom. The lowest BCUT2D eigenvalue weighted by atomic mass is 10.0. The summed E-state index contributed by atoms with van der Waals surface area (Å²) in [4.78, 5) is 25.0. The molecular weight excluding hydrogens is 417 g/mol. The van der Waals surface area contributed by atoms with E-state index in [9.17, 15) is 14.0 Å². The first-order valence-corrected chi connectivity index (χ1v) is 10.9. The molecule has 1 amide bonds. The van der Waals surface area contributed by atoms with Gasteiger partial charge >= 0.3 is 5.97 Å². The molecular formula is C24H24FNO4S. The maximum Gasteiger partial charge on any atom is 0.341 e. The third-order valence-corrected chi connectivity index (χ3v) is 5.41. The number of aryl methyl sites for hydroxylation is 1. The monoisotopic (exact) mass is 441 g/mol. The van der Waals surface area contributed by atoms with Crippen molar-refractivity contribution in [2.45, 2.75) is 26.7 Å². The summed E-state index contributed by atoms with van der Waals surface area (Å²) in [5, 5.41) is 4.98. The number of benzene rings is 2. The topological polar surface area (TPSA) is 64.6 Å². The molecule has 31 heavy (non-hydrogen) atoms. The zero-order valence-electron chi connectivity index (χ0n) is 17.4. The number of ether oxygens (including phenoxy) is 2. The number of thiophene rings is 1. The first-order chi connectivity index (χ1) is 15.0. The first kappa shape index (κ1) is 22.5. The maximum atomic E-state index is 13.3. The predicted molar refractivity (Wildman–Crippen MR) is 120 cm³/mol. The van der Waals surface area contributed by atoms with Crippen LogP contribution in [0, 0.1) is 12.7 Å². The highest BCUT2D eigenvalue weighted by molar-refractivity contribution is 7.15. The first-order valence-electron chi connectivity index (χ1n) is 10.0. The summed E-state index contributed by atoms with van der Waals surface area (Å²) in [5.41, 5.74) is 2.71. The van der Waals surface area contributed by atoms with Crippen molar-refractivity contribution in [3.05, 3.63) is 70.9 Å². The molecule has 0 aliphatic carbocycles.